The first kappa shape index (κ1) is 10.8. The molecule has 1 saturated carbocycles. The van der Waals surface area contributed by atoms with Crippen molar-refractivity contribution in [2.45, 2.75) is 37.8 Å². The van der Waals surface area contributed by atoms with Crippen molar-refractivity contribution >= 4 is 11.4 Å². The van der Waals surface area contributed by atoms with Crippen LogP contribution in [0.1, 0.15) is 25.7 Å². The van der Waals surface area contributed by atoms with E-state index < -0.39 is 0 Å². The van der Waals surface area contributed by atoms with Crippen LogP contribution in [-0.4, -0.2) is 26.2 Å². The fourth-order valence-corrected chi connectivity index (χ4v) is 3.17. The first-order valence-electron chi connectivity index (χ1n) is 6.47. The molecule has 3 nitrogen and oxygen atoms in total. The van der Waals surface area contributed by atoms with Gasteiger partial charge < -0.3 is 15.0 Å². The van der Waals surface area contributed by atoms with Crippen molar-refractivity contribution in [2.75, 3.05) is 24.4 Å². The van der Waals surface area contributed by atoms with Crippen molar-refractivity contribution in [1.82, 2.24) is 0 Å². The van der Waals surface area contributed by atoms with Crippen LogP contribution < -0.4 is 15.0 Å². The van der Waals surface area contributed by atoms with Gasteiger partial charge in [-0.05, 0) is 25.0 Å². The van der Waals surface area contributed by atoms with Crippen molar-refractivity contribution in [1.29, 1.82) is 0 Å². The molecule has 92 valence electrons. The lowest BCUT2D eigenvalue weighted by atomic mass is 9.87. The average Bonchev–Trinajstić information content (AvgIpc) is 2.39. The van der Waals surface area contributed by atoms with Crippen molar-refractivity contribution in [3.05, 3.63) is 18.2 Å². The molecule has 1 aromatic rings. The van der Waals surface area contributed by atoms with E-state index in [9.17, 15) is 0 Å². The minimum Gasteiger partial charge on any atom is -0.497 e. The summed E-state index contributed by atoms with van der Waals surface area (Å²) in [6.07, 6.45) is 5.30. The molecule has 1 fully saturated rings. The summed E-state index contributed by atoms with van der Waals surface area (Å²) in [5, 5.41) is 3.68. The van der Waals surface area contributed by atoms with Gasteiger partial charge in [0.05, 0.1) is 18.5 Å². The average molecular weight is 232 g/mol. The first-order valence-corrected chi connectivity index (χ1v) is 6.47. The van der Waals surface area contributed by atoms with Crippen LogP contribution in [0, 0.1) is 0 Å². The van der Waals surface area contributed by atoms with Crippen molar-refractivity contribution in [2.24, 2.45) is 0 Å². The summed E-state index contributed by atoms with van der Waals surface area (Å²) < 4.78 is 5.31. The van der Waals surface area contributed by atoms with E-state index in [1.807, 2.05) is 6.07 Å². The Morgan fingerprint density at radius 2 is 2.12 bits per heavy atom. The summed E-state index contributed by atoms with van der Waals surface area (Å²) in [6, 6.07) is 7.56. The van der Waals surface area contributed by atoms with Gasteiger partial charge in [0.2, 0.25) is 0 Å². The lowest BCUT2D eigenvalue weighted by Crippen LogP contribution is -2.50. The molecule has 0 aromatic heterocycles. The molecule has 1 aliphatic carbocycles. The van der Waals surface area contributed by atoms with Crippen molar-refractivity contribution in [3.8, 4) is 5.75 Å². The van der Waals surface area contributed by atoms with E-state index in [0.29, 0.717) is 12.1 Å². The predicted molar refractivity (Wildman–Crippen MR) is 71.1 cm³/mol. The maximum absolute atomic E-state index is 5.31. The van der Waals surface area contributed by atoms with Gasteiger partial charge >= 0.3 is 0 Å². The fraction of sp³-hybridized carbons (Fsp3) is 0.571. The third-order valence-electron chi connectivity index (χ3n) is 4.15. The van der Waals surface area contributed by atoms with Crippen LogP contribution in [0.3, 0.4) is 0 Å². The Bertz CT molecular complexity index is 419. The van der Waals surface area contributed by atoms with Gasteiger partial charge in [-0.15, -0.1) is 0 Å². The molecule has 1 N–H and O–H groups in total. The Labute approximate surface area is 103 Å². The van der Waals surface area contributed by atoms with Gasteiger partial charge in [0.25, 0.3) is 0 Å². The predicted octanol–water partition coefficient (Wildman–Crippen LogP) is 2.87. The maximum Gasteiger partial charge on any atom is 0.121 e. The van der Waals surface area contributed by atoms with Gasteiger partial charge in [0.1, 0.15) is 5.75 Å². The van der Waals surface area contributed by atoms with Gasteiger partial charge in [-0.1, -0.05) is 12.8 Å². The molecule has 0 spiro atoms. The zero-order chi connectivity index (χ0) is 11.8. The molecule has 1 aromatic carbocycles. The Morgan fingerprint density at radius 1 is 1.29 bits per heavy atom. The minimum absolute atomic E-state index is 0.620. The van der Waals surface area contributed by atoms with Gasteiger partial charge in [0.15, 0.2) is 0 Å². The van der Waals surface area contributed by atoms with Gasteiger partial charge in [0, 0.05) is 25.2 Å². The summed E-state index contributed by atoms with van der Waals surface area (Å²) in [4.78, 5) is 2.43. The van der Waals surface area contributed by atoms with Crippen LogP contribution in [0.5, 0.6) is 5.75 Å². The van der Waals surface area contributed by atoms with Crippen molar-refractivity contribution < 1.29 is 4.74 Å². The van der Waals surface area contributed by atoms with Crippen LogP contribution in [0.15, 0.2) is 18.2 Å². The van der Waals surface area contributed by atoms with E-state index >= 15 is 0 Å². The third kappa shape index (κ3) is 1.74. The summed E-state index contributed by atoms with van der Waals surface area (Å²) in [5.41, 5.74) is 2.52. The molecular weight excluding hydrogens is 212 g/mol. The van der Waals surface area contributed by atoms with Gasteiger partial charge in [-0.3, -0.25) is 0 Å². The SMILES string of the molecule is COc1ccc2c(c1)N(C)C1CCCCC1N2. The Balaban J connectivity index is 1.97. The van der Waals surface area contributed by atoms with Crippen LogP contribution >= 0.6 is 0 Å². The second kappa shape index (κ2) is 4.13. The number of nitrogens with one attached hydrogen (secondary N) is 1. The molecule has 0 radical (unpaired) electrons. The fourth-order valence-electron chi connectivity index (χ4n) is 3.17. The molecular formula is C14H20N2O. The first-order chi connectivity index (χ1) is 8.29. The molecule has 2 aliphatic rings. The molecule has 3 heteroatoms. The minimum atomic E-state index is 0.620. The number of hydrogen-bond donors (Lipinski definition) is 1. The second-order valence-corrected chi connectivity index (χ2v) is 5.10. The number of methoxy groups -OCH3 is 1. The number of hydrogen-bond acceptors (Lipinski definition) is 3. The summed E-state index contributed by atoms with van der Waals surface area (Å²) in [5.74, 6) is 0.937. The largest absolute Gasteiger partial charge is 0.497 e. The van der Waals surface area contributed by atoms with Crippen LogP contribution in [0.4, 0.5) is 11.4 Å². The maximum atomic E-state index is 5.31. The van der Waals surface area contributed by atoms with Crippen molar-refractivity contribution in [3.63, 3.8) is 0 Å². The highest BCUT2D eigenvalue weighted by molar-refractivity contribution is 5.75. The molecule has 2 unspecified atom stereocenters. The highest BCUT2D eigenvalue weighted by atomic mass is 16.5. The molecule has 0 amide bonds. The molecule has 0 bridgehead atoms. The number of anilines is 2. The molecule has 17 heavy (non-hydrogen) atoms. The van der Waals surface area contributed by atoms with E-state index in [1.165, 1.54) is 37.1 Å². The summed E-state index contributed by atoms with van der Waals surface area (Å²) in [7, 11) is 3.93. The zero-order valence-corrected chi connectivity index (χ0v) is 10.6. The molecule has 1 heterocycles. The van der Waals surface area contributed by atoms with E-state index in [0.717, 1.165) is 5.75 Å². The molecule has 0 saturated heterocycles. The normalized spacial score (nSPS) is 26.8. The highest BCUT2D eigenvalue weighted by Crippen LogP contribution is 2.39. The van der Waals surface area contributed by atoms with Gasteiger partial charge in [-0.25, -0.2) is 0 Å². The van der Waals surface area contributed by atoms with E-state index in [4.69, 9.17) is 4.74 Å². The van der Waals surface area contributed by atoms with Gasteiger partial charge in [-0.2, -0.15) is 0 Å². The Hall–Kier alpha value is -1.38. The Kier molecular flexibility index (Phi) is 2.61. The third-order valence-corrected chi connectivity index (χ3v) is 4.15. The summed E-state index contributed by atoms with van der Waals surface area (Å²) in [6.45, 7) is 0. The standard InChI is InChI=1S/C14H20N2O/c1-16-13-6-4-3-5-11(13)15-12-8-7-10(17-2)9-14(12)16/h7-9,11,13,15H,3-6H2,1-2H3. The smallest absolute Gasteiger partial charge is 0.121 e. The number of ether oxygens (including phenoxy) is 1. The Morgan fingerprint density at radius 3 is 2.94 bits per heavy atom. The monoisotopic (exact) mass is 232 g/mol. The highest BCUT2D eigenvalue weighted by Gasteiger charge is 2.33. The second-order valence-electron chi connectivity index (χ2n) is 5.10. The molecule has 1 aliphatic heterocycles. The van der Waals surface area contributed by atoms with Crippen LogP contribution in [0.25, 0.3) is 0 Å². The number of fused-ring (bicyclic) bond motifs is 2. The van der Waals surface area contributed by atoms with Crippen LogP contribution in [0.2, 0.25) is 0 Å². The van der Waals surface area contributed by atoms with Crippen LogP contribution in [-0.2, 0) is 0 Å². The zero-order valence-electron chi connectivity index (χ0n) is 10.6. The number of nitrogens with zero attached hydrogens (tertiary/aromatic N) is 1. The quantitative estimate of drug-likeness (QED) is 0.805. The van der Waals surface area contributed by atoms with E-state index in [-0.39, 0.29) is 0 Å². The summed E-state index contributed by atoms with van der Waals surface area (Å²) >= 11 is 0. The lowest BCUT2D eigenvalue weighted by Gasteiger charge is -2.45. The topological polar surface area (TPSA) is 24.5 Å². The lowest BCUT2D eigenvalue weighted by molar-refractivity contribution is 0.383. The molecule has 2 atom stereocenters. The van der Waals surface area contributed by atoms with E-state index in [1.54, 1.807) is 7.11 Å². The number of rotatable bonds is 1. The molecule has 3 rings (SSSR count). The number of benzene rings is 1. The number of likely N-dealkylation sites (N-methyl/N-ethyl adjacent to an activating group) is 1. The van der Waals surface area contributed by atoms with E-state index in [2.05, 4.69) is 29.4 Å².